The van der Waals surface area contributed by atoms with Gasteiger partial charge in [-0.15, -0.1) is 0 Å². The second-order valence-corrected chi connectivity index (χ2v) is 8.15. The van der Waals surface area contributed by atoms with Gasteiger partial charge in [-0.1, -0.05) is 6.07 Å². The van der Waals surface area contributed by atoms with Gasteiger partial charge in [0.15, 0.2) is 0 Å². The van der Waals surface area contributed by atoms with Crippen LogP contribution in [-0.2, 0) is 6.18 Å². The third kappa shape index (κ3) is 6.02. The summed E-state index contributed by atoms with van der Waals surface area (Å²) in [6.45, 7) is 3.25. The fourth-order valence-electron chi connectivity index (χ4n) is 4.05. The number of carboxylic acids is 1. The molecular weight excluding hydrogens is 456 g/mol. The third-order valence-corrected chi connectivity index (χ3v) is 5.83. The number of alkyl halides is 3. The molecule has 0 spiro atoms. The standard InChI is InChI=1S/C24H21F3N4O3.Li/c1-14-2-3-15(22(32)30-19-8-18(10-29-11-19)24(25,26)27)7-21(14)16-4-5-31(13-16)20-6-17(23(33)34)9-28-12-20;/h2-3,6-12,16H,4-5,13H2,1H3,(H,30,32)(H,33,34);/t16-;/m1./s1. The molecule has 0 aliphatic carbocycles. The molecule has 4 rings (SSSR count). The number of nitrogens with one attached hydrogen (secondary N) is 1. The number of halogens is 3. The van der Waals surface area contributed by atoms with Gasteiger partial charge in [0.1, 0.15) is 0 Å². The summed E-state index contributed by atoms with van der Waals surface area (Å²) in [4.78, 5) is 33.6. The van der Waals surface area contributed by atoms with Crippen LogP contribution in [0.15, 0.2) is 55.1 Å². The average molecular weight is 477 g/mol. The Kier molecular flexibility index (Phi) is 7.88. The Morgan fingerprint density at radius 1 is 1.06 bits per heavy atom. The molecule has 2 aromatic heterocycles. The summed E-state index contributed by atoms with van der Waals surface area (Å²) in [6, 6.07) is 7.61. The zero-order valence-corrected chi connectivity index (χ0v) is 19.1. The molecule has 177 valence electrons. The molecular formula is C24H21F3LiN4O3. The van der Waals surface area contributed by atoms with Crippen molar-refractivity contribution < 1.29 is 27.9 Å². The molecule has 1 aliphatic rings. The number of carbonyl (C=O) groups excluding carboxylic acids is 1. The van der Waals surface area contributed by atoms with E-state index in [0.29, 0.717) is 30.5 Å². The first kappa shape index (κ1) is 26.3. The van der Waals surface area contributed by atoms with Crippen LogP contribution in [0.5, 0.6) is 0 Å². The van der Waals surface area contributed by atoms with E-state index in [2.05, 4.69) is 15.3 Å². The van der Waals surface area contributed by atoms with Crippen molar-refractivity contribution in [3.63, 3.8) is 0 Å². The number of amides is 1. The molecule has 0 bridgehead atoms. The first-order valence-corrected chi connectivity index (χ1v) is 10.5. The summed E-state index contributed by atoms with van der Waals surface area (Å²) in [5.74, 6) is -1.48. The molecule has 11 heteroatoms. The molecule has 2 N–H and O–H groups in total. The quantitative estimate of drug-likeness (QED) is 0.530. The normalized spacial score (nSPS) is 15.4. The van der Waals surface area contributed by atoms with Gasteiger partial charge in [-0.25, -0.2) is 4.79 Å². The molecule has 0 unspecified atom stereocenters. The topological polar surface area (TPSA) is 95.4 Å². The number of benzene rings is 1. The number of hydrogen-bond acceptors (Lipinski definition) is 5. The Hall–Kier alpha value is -3.35. The number of aromatic nitrogens is 2. The summed E-state index contributed by atoms with van der Waals surface area (Å²) in [7, 11) is 0. The van der Waals surface area contributed by atoms with Crippen molar-refractivity contribution in [2.24, 2.45) is 0 Å². The van der Waals surface area contributed by atoms with Crippen LogP contribution in [0.25, 0.3) is 0 Å². The van der Waals surface area contributed by atoms with Crippen molar-refractivity contribution in [3.8, 4) is 0 Å². The van der Waals surface area contributed by atoms with Crippen molar-refractivity contribution in [3.05, 3.63) is 82.9 Å². The Morgan fingerprint density at radius 3 is 2.51 bits per heavy atom. The van der Waals surface area contributed by atoms with Gasteiger partial charge >= 0.3 is 12.1 Å². The van der Waals surface area contributed by atoms with Gasteiger partial charge in [0, 0.05) is 55.8 Å². The van der Waals surface area contributed by atoms with Gasteiger partial charge < -0.3 is 15.3 Å². The molecule has 1 atom stereocenters. The van der Waals surface area contributed by atoms with Crippen LogP contribution in [0.1, 0.15) is 49.7 Å². The first-order chi connectivity index (χ1) is 16.1. The number of rotatable bonds is 5. The van der Waals surface area contributed by atoms with E-state index in [1.807, 2.05) is 17.9 Å². The fraction of sp³-hybridized carbons (Fsp3) is 0.250. The number of aryl methyl sites for hydroxylation is 1. The number of hydrogen-bond donors (Lipinski definition) is 2. The second kappa shape index (κ2) is 10.5. The predicted octanol–water partition coefficient (Wildman–Crippen LogP) is 4.37. The largest absolute Gasteiger partial charge is 0.478 e. The Labute approximate surface area is 211 Å². The summed E-state index contributed by atoms with van der Waals surface area (Å²) >= 11 is 0. The van der Waals surface area contributed by atoms with Crippen LogP contribution < -0.4 is 10.2 Å². The van der Waals surface area contributed by atoms with Crippen LogP contribution in [0.4, 0.5) is 24.5 Å². The van der Waals surface area contributed by atoms with Gasteiger partial charge in [-0.2, -0.15) is 13.2 Å². The van der Waals surface area contributed by atoms with E-state index in [1.54, 1.807) is 24.4 Å². The van der Waals surface area contributed by atoms with Crippen molar-refractivity contribution in [1.29, 1.82) is 0 Å². The van der Waals surface area contributed by atoms with E-state index in [9.17, 15) is 27.9 Å². The van der Waals surface area contributed by atoms with E-state index < -0.39 is 23.6 Å². The van der Waals surface area contributed by atoms with Gasteiger partial charge in [0.25, 0.3) is 5.91 Å². The zero-order chi connectivity index (χ0) is 24.5. The van der Waals surface area contributed by atoms with E-state index in [1.165, 1.54) is 6.20 Å². The fourth-order valence-corrected chi connectivity index (χ4v) is 4.05. The number of nitrogens with zero attached hydrogens (tertiary/aromatic N) is 3. The van der Waals surface area contributed by atoms with Gasteiger partial charge in [0.05, 0.1) is 34.9 Å². The first-order valence-electron chi connectivity index (χ1n) is 10.5. The van der Waals surface area contributed by atoms with Crippen LogP contribution in [-0.4, -0.2) is 58.9 Å². The minimum Gasteiger partial charge on any atom is -0.478 e. The minimum atomic E-state index is -4.56. The minimum absolute atomic E-state index is 0. The maximum atomic E-state index is 12.9. The predicted molar refractivity (Wildman–Crippen MR) is 125 cm³/mol. The third-order valence-electron chi connectivity index (χ3n) is 5.83. The van der Waals surface area contributed by atoms with Gasteiger partial charge in [-0.05, 0) is 48.7 Å². The zero-order valence-electron chi connectivity index (χ0n) is 19.1. The molecule has 1 aliphatic heterocycles. The maximum absolute atomic E-state index is 12.9. The van der Waals surface area contributed by atoms with E-state index in [-0.39, 0.29) is 36.0 Å². The number of anilines is 2. The number of aromatic carboxylic acids is 1. The van der Waals surface area contributed by atoms with E-state index >= 15 is 0 Å². The number of carbonyl (C=O) groups is 2. The summed E-state index contributed by atoms with van der Waals surface area (Å²) < 4.78 is 38.8. The van der Waals surface area contributed by atoms with Crippen molar-refractivity contribution in [1.82, 2.24) is 9.97 Å². The Balaban J connectivity index is 0.00000342. The Bertz CT molecular complexity index is 1250. The van der Waals surface area contributed by atoms with Crippen LogP contribution in [0.2, 0.25) is 0 Å². The molecule has 1 radical (unpaired) electrons. The van der Waals surface area contributed by atoms with Gasteiger partial charge in [-0.3, -0.25) is 14.8 Å². The SMILES string of the molecule is Cc1ccc(C(=O)Nc2cncc(C(F)(F)F)c2)cc1[C@@H]1CCN(c2cncc(C(=O)O)c2)C1.[Li]. The molecule has 35 heavy (non-hydrogen) atoms. The van der Waals surface area contributed by atoms with Crippen LogP contribution >= 0.6 is 0 Å². The summed E-state index contributed by atoms with van der Waals surface area (Å²) in [5, 5.41) is 11.7. The van der Waals surface area contributed by atoms with Crippen LogP contribution in [0, 0.1) is 6.92 Å². The molecule has 0 saturated carbocycles. The molecule has 1 amide bonds. The molecule has 7 nitrogen and oxygen atoms in total. The van der Waals surface area contributed by atoms with E-state index in [4.69, 9.17) is 0 Å². The molecule has 3 aromatic rings. The van der Waals surface area contributed by atoms with Crippen molar-refractivity contribution >= 4 is 42.1 Å². The monoisotopic (exact) mass is 477 g/mol. The molecule has 3 heterocycles. The smallest absolute Gasteiger partial charge is 0.417 e. The average Bonchev–Trinajstić information content (AvgIpc) is 3.29. The molecule has 1 saturated heterocycles. The maximum Gasteiger partial charge on any atom is 0.417 e. The number of pyridine rings is 2. The molecule has 1 fully saturated rings. The second-order valence-electron chi connectivity index (χ2n) is 8.15. The molecule has 1 aromatic carbocycles. The van der Waals surface area contributed by atoms with Crippen LogP contribution in [0.3, 0.4) is 0 Å². The van der Waals surface area contributed by atoms with Gasteiger partial charge in [0.2, 0.25) is 0 Å². The summed E-state index contributed by atoms with van der Waals surface area (Å²) in [5.41, 5.74) is 2.11. The number of carboxylic acid groups (broad SMARTS) is 1. The summed E-state index contributed by atoms with van der Waals surface area (Å²) in [6.07, 6.45) is 1.02. The Morgan fingerprint density at radius 2 is 1.80 bits per heavy atom. The van der Waals surface area contributed by atoms with E-state index in [0.717, 1.165) is 29.8 Å². The van der Waals surface area contributed by atoms with Crippen molar-refractivity contribution in [2.45, 2.75) is 25.4 Å². The van der Waals surface area contributed by atoms with Crippen molar-refractivity contribution in [2.75, 3.05) is 23.3 Å².